The van der Waals surface area contributed by atoms with Gasteiger partial charge in [0.15, 0.2) is 16.6 Å². The number of hydrogen-bond donors (Lipinski definition) is 2. The van der Waals surface area contributed by atoms with Gasteiger partial charge in [0.25, 0.3) is 5.56 Å². The van der Waals surface area contributed by atoms with E-state index in [0.717, 1.165) is 54.3 Å². The SMILES string of the molecule is Cn1cc(-c2cc(S(C)(=O)=O)ccc2NC2C3CC4CC2CC(OP2(=O)OCO2)(C4)C3)c2cc[nH]c2c1=O. The molecule has 12 heteroatoms. The lowest BCUT2D eigenvalue weighted by Gasteiger charge is -2.60. The van der Waals surface area contributed by atoms with Gasteiger partial charge in [-0.05, 0) is 74.1 Å². The summed E-state index contributed by atoms with van der Waals surface area (Å²) < 4.78 is 55.5. The number of hydrogen-bond acceptors (Lipinski definition) is 8. The van der Waals surface area contributed by atoms with E-state index in [1.807, 2.05) is 12.1 Å². The highest BCUT2D eigenvalue weighted by atomic mass is 32.2. The number of H-pyrrole nitrogens is 1. The number of rotatable bonds is 6. The number of phosphoric acid groups is 1. The van der Waals surface area contributed by atoms with Crippen LogP contribution in [-0.2, 0) is 35.0 Å². The Kier molecular flexibility index (Phi) is 5.36. The smallest absolute Gasteiger partial charge is 0.381 e. The highest BCUT2D eigenvalue weighted by Gasteiger charge is 2.59. The van der Waals surface area contributed by atoms with Crippen LogP contribution in [0.3, 0.4) is 0 Å². The summed E-state index contributed by atoms with van der Waals surface area (Å²) >= 11 is 0. The summed E-state index contributed by atoms with van der Waals surface area (Å²) in [6.07, 6.45) is 9.22. The number of anilines is 1. The molecule has 2 N–H and O–H groups in total. The van der Waals surface area contributed by atoms with E-state index < -0.39 is 23.3 Å². The average molecular weight is 560 g/mol. The highest BCUT2D eigenvalue weighted by molar-refractivity contribution is 7.90. The number of fused-ring (bicyclic) bond motifs is 1. The van der Waals surface area contributed by atoms with Gasteiger partial charge < -0.3 is 14.9 Å². The van der Waals surface area contributed by atoms with Gasteiger partial charge in [-0.2, -0.15) is 0 Å². The molecule has 1 aromatic carbocycles. The Morgan fingerprint density at radius 2 is 1.87 bits per heavy atom. The lowest BCUT2D eigenvalue weighted by Crippen LogP contribution is -2.59. The zero-order valence-corrected chi connectivity index (χ0v) is 22.9. The van der Waals surface area contributed by atoms with Crippen molar-refractivity contribution in [2.75, 3.05) is 18.4 Å². The number of aromatic amines is 1. The first-order chi connectivity index (χ1) is 18.0. The number of benzene rings is 1. The molecule has 8 rings (SSSR count). The van der Waals surface area contributed by atoms with Crippen molar-refractivity contribution in [3.8, 4) is 11.1 Å². The maximum absolute atomic E-state index is 12.7. The molecule has 0 spiro atoms. The van der Waals surface area contributed by atoms with Crippen molar-refractivity contribution >= 4 is 34.3 Å². The first-order valence-corrected chi connectivity index (χ1v) is 16.3. The molecule has 202 valence electrons. The number of aryl methyl sites for hydroxylation is 1. The molecular weight excluding hydrogens is 529 g/mol. The number of phosphoric ester groups is 1. The molecule has 2 atom stereocenters. The summed E-state index contributed by atoms with van der Waals surface area (Å²) in [7, 11) is -5.19. The first kappa shape index (κ1) is 24.6. The number of nitrogens with one attached hydrogen (secondary N) is 2. The van der Waals surface area contributed by atoms with Crippen LogP contribution in [0.1, 0.15) is 32.1 Å². The molecule has 1 saturated heterocycles. The van der Waals surface area contributed by atoms with Gasteiger partial charge in [0.1, 0.15) is 5.52 Å². The Labute approximate surface area is 220 Å². The maximum Gasteiger partial charge on any atom is 0.479 e. The predicted octanol–water partition coefficient (Wildman–Crippen LogP) is 4.43. The molecule has 1 aliphatic heterocycles. The summed E-state index contributed by atoms with van der Waals surface area (Å²) in [5, 5.41) is 4.53. The van der Waals surface area contributed by atoms with Gasteiger partial charge in [0, 0.05) is 53.9 Å². The number of aromatic nitrogens is 2. The molecule has 38 heavy (non-hydrogen) atoms. The monoisotopic (exact) mass is 559 g/mol. The van der Waals surface area contributed by atoms with Crippen molar-refractivity contribution in [2.45, 2.75) is 48.6 Å². The van der Waals surface area contributed by atoms with E-state index in [-0.39, 0.29) is 23.3 Å². The van der Waals surface area contributed by atoms with Crippen molar-refractivity contribution < 1.29 is 26.6 Å². The lowest BCUT2D eigenvalue weighted by atomic mass is 9.52. The Morgan fingerprint density at radius 1 is 1.13 bits per heavy atom. The van der Waals surface area contributed by atoms with E-state index in [0.29, 0.717) is 23.3 Å². The molecule has 0 amide bonds. The van der Waals surface area contributed by atoms with E-state index in [9.17, 15) is 17.8 Å². The van der Waals surface area contributed by atoms with E-state index in [1.165, 1.54) is 10.8 Å². The van der Waals surface area contributed by atoms with Gasteiger partial charge in [0.2, 0.25) is 0 Å². The van der Waals surface area contributed by atoms with Crippen LogP contribution < -0.4 is 10.9 Å². The zero-order chi connectivity index (χ0) is 26.4. The molecule has 0 radical (unpaired) electrons. The second-order valence-corrected chi connectivity index (χ2v) is 15.1. The largest absolute Gasteiger partial charge is 0.479 e. The fourth-order valence-electron chi connectivity index (χ4n) is 7.49. The Balaban J connectivity index is 1.28. The number of pyridine rings is 1. The van der Waals surface area contributed by atoms with Gasteiger partial charge in [-0.25, -0.2) is 13.0 Å². The van der Waals surface area contributed by atoms with Gasteiger partial charge >= 0.3 is 7.82 Å². The number of sulfone groups is 1. The summed E-state index contributed by atoms with van der Waals surface area (Å²) in [4.78, 5) is 15.9. The molecule has 3 aromatic rings. The first-order valence-electron chi connectivity index (χ1n) is 12.9. The van der Waals surface area contributed by atoms with E-state index in [4.69, 9.17) is 13.6 Å². The minimum Gasteiger partial charge on any atom is -0.381 e. The van der Waals surface area contributed by atoms with E-state index in [1.54, 1.807) is 31.6 Å². The van der Waals surface area contributed by atoms with Gasteiger partial charge in [0.05, 0.1) is 10.5 Å². The van der Waals surface area contributed by atoms with Crippen LogP contribution >= 0.6 is 7.82 Å². The van der Waals surface area contributed by atoms with Crippen molar-refractivity contribution in [3.05, 3.63) is 47.0 Å². The minimum absolute atomic E-state index is 0.0135. The minimum atomic E-state index is -3.45. The van der Waals surface area contributed by atoms with Crippen LogP contribution in [0, 0.1) is 17.8 Å². The third-order valence-electron chi connectivity index (χ3n) is 8.87. The second kappa shape index (κ2) is 8.29. The fraction of sp³-hybridized carbons (Fsp3) is 0.500. The Hall–Kier alpha value is -2.43. The molecule has 3 heterocycles. The van der Waals surface area contributed by atoms with Crippen LogP contribution in [-0.4, -0.2) is 42.7 Å². The molecule has 2 aromatic heterocycles. The molecule has 2 unspecified atom stereocenters. The summed E-state index contributed by atoms with van der Waals surface area (Å²) in [5.41, 5.74) is 2.18. The van der Waals surface area contributed by atoms with Crippen molar-refractivity contribution in [1.29, 1.82) is 0 Å². The highest BCUT2D eigenvalue weighted by Crippen LogP contribution is 2.66. The molecule has 4 aliphatic carbocycles. The van der Waals surface area contributed by atoms with Crippen molar-refractivity contribution in [1.82, 2.24) is 9.55 Å². The Bertz CT molecular complexity index is 1660. The van der Waals surface area contributed by atoms with Gasteiger partial charge in [-0.15, -0.1) is 0 Å². The van der Waals surface area contributed by atoms with Crippen molar-refractivity contribution in [3.63, 3.8) is 0 Å². The lowest BCUT2D eigenvalue weighted by molar-refractivity contribution is -0.151. The third-order valence-corrected chi connectivity index (χ3v) is 11.4. The maximum atomic E-state index is 12.7. The van der Waals surface area contributed by atoms with E-state index >= 15 is 0 Å². The summed E-state index contributed by atoms with van der Waals surface area (Å²) in [6.45, 7) is 0.0135. The molecule has 5 aliphatic rings. The zero-order valence-electron chi connectivity index (χ0n) is 21.2. The van der Waals surface area contributed by atoms with Crippen LogP contribution in [0.15, 0.2) is 46.3 Å². The fourth-order valence-corrected chi connectivity index (χ4v) is 9.22. The normalized spacial score (nSPS) is 31.4. The third kappa shape index (κ3) is 3.90. The quantitative estimate of drug-likeness (QED) is 0.425. The second-order valence-electron chi connectivity index (χ2n) is 11.4. The van der Waals surface area contributed by atoms with Gasteiger partial charge in [-0.1, -0.05) is 0 Å². The Morgan fingerprint density at radius 3 is 2.53 bits per heavy atom. The topological polar surface area (TPSA) is 129 Å². The van der Waals surface area contributed by atoms with Gasteiger partial charge in [-0.3, -0.25) is 18.4 Å². The molecule has 4 bridgehead atoms. The summed E-state index contributed by atoms with van der Waals surface area (Å²) in [5.74, 6) is 1.13. The standard InChI is InChI=1S/C26H30N3O7PS/c1-29-13-21(19-5-6-27-24(19)25(29)30)20-9-18(38(2,32)33)3-4-22(20)28-23-16-7-15-8-17(23)12-26(10-15,11-16)36-37(31)34-14-35-37/h3-6,9,13,15-17,23,27-28H,7-8,10-12,14H2,1-2H3. The van der Waals surface area contributed by atoms with Crippen LogP contribution in [0.5, 0.6) is 0 Å². The average Bonchev–Trinajstić information content (AvgIpc) is 3.32. The summed E-state index contributed by atoms with van der Waals surface area (Å²) in [6, 6.07) is 7.17. The van der Waals surface area contributed by atoms with Crippen LogP contribution in [0.25, 0.3) is 22.0 Å². The van der Waals surface area contributed by atoms with Crippen molar-refractivity contribution in [2.24, 2.45) is 24.8 Å². The molecular formula is C26H30N3O7PS. The molecule has 5 fully saturated rings. The molecule has 4 saturated carbocycles. The predicted molar refractivity (Wildman–Crippen MR) is 142 cm³/mol. The molecule has 10 nitrogen and oxygen atoms in total. The van der Waals surface area contributed by atoms with Crippen LogP contribution in [0.2, 0.25) is 0 Å². The number of nitrogens with zero attached hydrogens (tertiary/aromatic N) is 1. The van der Waals surface area contributed by atoms with Crippen LogP contribution in [0.4, 0.5) is 5.69 Å². The van der Waals surface area contributed by atoms with E-state index in [2.05, 4.69) is 10.3 Å².